The molecule has 0 bridgehead atoms. The smallest absolute Gasteiger partial charge is 0.302 e. The fourth-order valence-corrected chi connectivity index (χ4v) is 6.04. The van der Waals surface area contributed by atoms with E-state index >= 15 is 0 Å². The first-order chi connectivity index (χ1) is 20.0. The summed E-state index contributed by atoms with van der Waals surface area (Å²) in [5.74, 6) is -1.40. The fourth-order valence-electron chi connectivity index (χ4n) is 6.04. The number of anilines is 1. The topological polar surface area (TPSA) is 103 Å². The van der Waals surface area contributed by atoms with Crippen molar-refractivity contribution in [1.29, 1.82) is 0 Å². The third-order valence-corrected chi connectivity index (χ3v) is 8.53. The van der Waals surface area contributed by atoms with Crippen LogP contribution < -0.4 is 10.6 Å². The van der Waals surface area contributed by atoms with Gasteiger partial charge in [0.1, 0.15) is 17.5 Å². The highest BCUT2D eigenvalue weighted by molar-refractivity contribution is 6.07. The highest BCUT2D eigenvalue weighted by atomic mass is 16.2. The Morgan fingerprint density at radius 1 is 1.09 bits per heavy atom. The summed E-state index contributed by atoms with van der Waals surface area (Å²) in [7, 11) is 1.56. The van der Waals surface area contributed by atoms with Crippen LogP contribution in [-0.2, 0) is 25.2 Å². The van der Waals surface area contributed by atoms with E-state index in [0.29, 0.717) is 17.7 Å². The molecule has 0 aliphatic carbocycles. The maximum atomic E-state index is 14.2. The van der Waals surface area contributed by atoms with Crippen LogP contribution in [0.2, 0.25) is 0 Å². The Balaban J connectivity index is 1.55. The summed E-state index contributed by atoms with van der Waals surface area (Å²) in [6.07, 6.45) is -0.325. The van der Waals surface area contributed by atoms with Gasteiger partial charge in [-0.3, -0.25) is 28.9 Å². The molecule has 1 fully saturated rings. The molecule has 43 heavy (non-hydrogen) atoms. The van der Waals surface area contributed by atoms with E-state index in [9.17, 15) is 19.2 Å². The van der Waals surface area contributed by atoms with Gasteiger partial charge in [-0.2, -0.15) is 0 Å². The zero-order valence-corrected chi connectivity index (χ0v) is 26.4. The van der Waals surface area contributed by atoms with Crippen molar-refractivity contribution < 1.29 is 19.2 Å². The van der Waals surface area contributed by atoms with E-state index in [1.165, 1.54) is 9.80 Å². The van der Waals surface area contributed by atoms with Crippen molar-refractivity contribution >= 4 is 29.3 Å². The molecule has 2 N–H and O–H groups in total. The Labute approximate surface area is 254 Å². The normalized spacial score (nSPS) is 21.0. The Bertz CT molecular complexity index is 1460. The van der Waals surface area contributed by atoms with Gasteiger partial charge in [0.2, 0.25) is 11.8 Å². The van der Waals surface area contributed by atoms with Crippen LogP contribution in [0.25, 0.3) is 4.85 Å². The first kappa shape index (κ1) is 31.7. The van der Waals surface area contributed by atoms with Crippen molar-refractivity contribution in [3.63, 3.8) is 0 Å². The SMILES string of the molecule is [C-]#[N+][C@@H]1C[C@@]2(CN1C(=O)[C@H](CC(C)(C)C)N(C)C(=O)[C@H](C)NC(=O)c1ccc(C(C)(C)C)cc1)C(=O)Nc1ccccc12. The summed E-state index contributed by atoms with van der Waals surface area (Å²) in [4.78, 5) is 60.8. The number of likely N-dealkylation sites (tertiary alicyclic amines) is 1. The number of fused-ring (bicyclic) bond motifs is 2. The number of para-hydroxylation sites is 1. The Hall–Kier alpha value is -4.19. The Morgan fingerprint density at radius 3 is 2.30 bits per heavy atom. The van der Waals surface area contributed by atoms with E-state index in [4.69, 9.17) is 6.57 Å². The van der Waals surface area contributed by atoms with Gasteiger partial charge >= 0.3 is 6.17 Å². The monoisotopic (exact) mass is 585 g/mol. The van der Waals surface area contributed by atoms with E-state index in [2.05, 4.69) is 36.2 Å². The molecule has 9 nitrogen and oxygen atoms in total. The average molecular weight is 586 g/mol. The zero-order chi connectivity index (χ0) is 31.9. The molecule has 1 spiro atoms. The lowest BCUT2D eigenvalue weighted by Crippen LogP contribution is -2.56. The largest absolute Gasteiger partial charge is 0.341 e. The lowest BCUT2D eigenvalue weighted by molar-refractivity contribution is -0.146. The molecule has 4 rings (SSSR count). The molecule has 2 aromatic rings. The minimum atomic E-state index is -1.01. The lowest BCUT2D eigenvalue weighted by Gasteiger charge is -2.36. The maximum absolute atomic E-state index is 14.2. The van der Waals surface area contributed by atoms with E-state index in [0.717, 1.165) is 11.1 Å². The number of hydrogen-bond donors (Lipinski definition) is 2. The second kappa shape index (κ2) is 11.5. The second-order valence-electron chi connectivity index (χ2n) is 14.1. The highest BCUT2D eigenvalue weighted by Crippen LogP contribution is 2.47. The molecule has 2 heterocycles. The van der Waals surface area contributed by atoms with Crippen LogP contribution in [-0.4, -0.2) is 65.3 Å². The van der Waals surface area contributed by atoms with Crippen LogP contribution in [0.5, 0.6) is 0 Å². The van der Waals surface area contributed by atoms with Crippen LogP contribution >= 0.6 is 0 Å². The molecule has 0 radical (unpaired) electrons. The number of hydrogen-bond acceptors (Lipinski definition) is 4. The van der Waals surface area contributed by atoms with E-state index in [-0.39, 0.29) is 41.5 Å². The minimum Gasteiger partial charge on any atom is -0.341 e. The van der Waals surface area contributed by atoms with E-state index < -0.39 is 29.6 Å². The predicted molar refractivity (Wildman–Crippen MR) is 166 cm³/mol. The van der Waals surface area contributed by atoms with Crippen LogP contribution in [0.4, 0.5) is 5.69 Å². The molecule has 9 heteroatoms. The van der Waals surface area contributed by atoms with Gasteiger partial charge in [-0.25, -0.2) is 6.57 Å². The maximum Gasteiger partial charge on any atom is 0.302 e. The van der Waals surface area contributed by atoms with Crippen molar-refractivity contribution in [1.82, 2.24) is 15.1 Å². The Kier molecular flexibility index (Phi) is 8.47. The van der Waals surface area contributed by atoms with Gasteiger partial charge in [0, 0.05) is 24.8 Å². The van der Waals surface area contributed by atoms with Gasteiger partial charge in [0.15, 0.2) is 0 Å². The number of carbonyl (C=O) groups is 4. The molecule has 0 aromatic heterocycles. The summed E-state index contributed by atoms with van der Waals surface area (Å²) in [5, 5.41) is 5.70. The third-order valence-electron chi connectivity index (χ3n) is 8.53. The number of benzene rings is 2. The molecule has 4 atom stereocenters. The van der Waals surface area contributed by atoms with Gasteiger partial charge in [-0.1, -0.05) is 71.9 Å². The van der Waals surface area contributed by atoms with Gasteiger partial charge in [-0.05, 0) is 53.5 Å². The number of carbonyl (C=O) groups excluding carboxylic acids is 4. The molecule has 2 aliphatic heterocycles. The van der Waals surface area contributed by atoms with Gasteiger partial charge in [0.05, 0.1) is 6.42 Å². The Morgan fingerprint density at radius 2 is 1.72 bits per heavy atom. The number of nitrogens with one attached hydrogen (secondary N) is 2. The third kappa shape index (κ3) is 6.29. The molecule has 2 aliphatic rings. The molecule has 1 saturated heterocycles. The molecule has 228 valence electrons. The number of rotatable bonds is 6. The summed E-state index contributed by atoms with van der Waals surface area (Å²) in [6.45, 7) is 21.8. The summed E-state index contributed by atoms with van der Waals surface area (Å²) in [6, 6.07) is 12.9. The van der Waals surface area contributed by atoms with Crippen molar-refractivity contribution in [3.05, 3.63) is 76.6 Å². The van der Waals surface area contributed by atoms with E-state index in [1.807, 2.05) is 57.2 Å². The van der Waals surface area contributed by atoms with Crippen molar-refractivity contribution in [2.45, 2.75) is 90.4 Å². The van der Waals surface area contributed by atoms with Crippen molar-refractivity contribution in [2.24, 2.45) is 5.41 Å². The molecular weight excluding hydrogens is 542 g/mol. The molecular formula is C34H43N5O4. The van der Waals surface area contributed by atoms with Crippen LogP contribution in [0.3, 0.4) is 0 Å². The number of amides is 4. The second-order valence-corrected chi connectivity index (χ2v) is 14.1. The highest BCUT2D eigenvalue weighted by Gasteiger charge is 2.59. The summed E-state index contributed by atoms with van der Waals surface area (Å²) in [5.41, 5.74) is 1.61. The fraction of sp³-hybridized carbons (Fsp3) is 0.500. The molecule has 2 aromatic carbocycles. The number of likely N-dealkylation sites (N-methyl/N-ethyl adjacent to an activating group) is 1. The van der Waals surface area contributed by atoms with Crippen LogP contribution in [0.15, 0.2) is 48.5 Å². The quantitative estimate of drug-likeness (QED) is 0.479. The van der Waals surface area contributed by atoms with Gasteiger partial charge < -0.3 is 15.5 Å². The van der Waals surface area contributed by atoms with Gasteiger partial charge in [0.25, 0.3) is 11.8 Å². The molecule has 0 unspecified atom stereocenters. The van der Waals surface area contributed by atoms with Crippen molar-refractivity contribution in [3.8, 4) is 0 Å². The first-order valence-corrected chi connectivity index (χ1v) is 14.7. The number of nitrogens with zero attached hydrogens (tertiary/aromatic N) is 3. The van der Waals surface area contributed by atoms with E-state index in [1.54, 1.807) is 26.1 Å². The first-order valence-electron chi connectivity index (χ1n) is 14.7. The van der Waals surface area contributed by atoms with Gasteiger partial charge in [-0.15, -0.1) is 0 Å². The summed E-state index contributed by atoms with van der Waals surface area (Å²) < 4.78 is 0. The van der Waals surface area contributed by atoms with Crippen LogP contribution in [0, 0.1) is 12.0 Å². The predicted octanol–water partition coefficient (Wildman–Crippen LogP) is 4.73. The molecule has 0 saturated carbocycles. The standard InChI is InChI=1S/C34H43N5O4/c1-21(36-28(40)22-14-16-23(17-15-22)33(5,6)7)29(41)38(9)26(18-32(2,3)4)30(42)39-20-34(19-27(39)35-8)24-12-10-11-13-25(24)37-31(34)43/h10-17,21,26-27H,18-20H2,1-7,9H3,(H,36,40)(H,37,43)/t21-,26-,27-,34-/m0/s1. The zero-order valence-electron chi connectivity index (χ0n) is 26.4. The average Bonchev–Trinajstić information content (AvgIpc) is 3.47. The van der Waals surface area contributed by atoms with Crippen molar-refractivity contribution in [2.75, 3.05) is 18.9 Å². The summed E-state index contributed by atoms with van der Waals surface area (Å²) >= 11 is 0. The van der Waals surface area contributed by atoms with Crippen LogP contribution in [0.1, 0.15) is 82.8 Å². The molecule has 4 amide bonds. The lowest BCUT2D eigenvalue weighted by atomic mass is 9.80. The minimum absolute atomic E-state index is 0.0538.